The van der Waals surface area contributed by atoms with E-state index in [2.05, 4.69) is 5.16 Å². The minimum absolute atomic E-state index is 0.185. The van der Waals surface area contributed by atoms with Gasteiger partial charge in [-0.3, -0.25) is 0 Å². The molecule has 0 aromatic rings. The highest BCUT2D eigenvalue weighted by atomic mass is 32.2. The lowest BCUT2D eigenvalue weighted by molar-refractivity contribution is 0.0686. The maximum absolute atomic E-state index is 8.47. The fourth-order valence-corrected chi connectivity index (χ4v) is 2.46. The lowest BCUT2D eigenvalue weighted by Gasteiger charge is -2.24. The standard InChI is InChI=1S/C6H12N2O2S/c1-10-6(5(7)8-9)2-3-11-4-6/h9H,2-4H2,1H3,(H2,7,8). The third-order valence-electron chi connectivity index (χ3n) is 1.95. The normalized spacial score (nSPS) is 32.6. The molecule has 3 N–H and O–H groups in total. The fraction of sp³-hybridized carbons (Fsp3) is 0.833. The number of oxime groups is 1. The van der Waals surface area contributed by atoms with Gasteiger partial charge in [-0.25, -0.2) is 0 Å². The number of hydrogen-bond donors (Lipinski definition) is 2. The van der Waals surface area contributed by atoms with Crippen LogP contribution in [0.15, 0.2) is 5.16 Å². The second-order valence-electron chi connectivity index (χ2n) is 2.49. The average Bonchev–Trinajstić information content (AvgIpc) is 2.52. The molecular formula is C6H12N2O2S. The lowest BCUT2D eigenvalue weighted by Crippen LogP contribution is -2.45. The zero-order chi connectivity index (χ0) is 8.32. The number of nitrogens with two attached hydrogens (primary N) is 1. The highest BCUT2D eigenvalue weighted by Crippen LogP contribution is 2.30. The van der Waals surface area contributed by atoms with Crippen molar-refractivity contribution in [1.29, 1.82) is 0 Å². The molecule has 1 unspecified atom stereocenters. The molecule has 0 aliphatic carbocycles. The van der Waals surface area contributed by atoms with Gasteiger partial charge in [0.25, 0.3) is 0 Å². The number of amidine groups is 1. The van der Waals surface area contributed by atoms with E-state index in [1.165, 1.54) is 0 Å². The maximum atomic E-state index is 8.47. The summed E-state index contributed by atoms with van der Waals surface area (Å²) in [5, 5.41) is 11.4. The topological polar surface area (TPSA) is 67.8 Å². The maximum Gasteiger partial charge on any atom is 0.172 e. The van der Waals surface area contributed by atoms with Gasteiger partial charge < -0.3 is 15.7 Å². The highest BCUT2D eigenvalue weighted by molar-refractivity contribution is 7.99. The minimum atomic E-state index is -0.514. The SMILES string of the molecule is COC1(/C(N)=N/O)CCSC1. The van der Waals surface area contributed by atoms with Gasteiger partial charge in [-0.05, 0) is 12.2 Å². The number of rotatable bonds is 2. The van der Waals surface area contributed by atoms with Crippen molar-refractivity contribution >= 4 is 17.6 Å². The number of methoxy groups -OCH3 is 1. The van der Waals surface area contributed by atoms with Gasteiger partial charge in [0.2, 0.25) is 0 Å². The first kappa shape index (κ1) is 8.67. The Bertz CT molecular complexity index is 166. The van der Waals surface area contributed by atoms with Crippen LogP contribution >= 0.6 is 11.8 Å². The van der Waals surface area contributed by atoms with Gasteiger partial charge in [0.1, 0.15) is 5.60 Å². The molecule has 1 atom stereocenters. The van der Waals surface area contributed by atoms with Crippen LogP contribution in [0, 0.1) is 0 Å². The Morgan fingerprint density at radius 2 is 2.55 bits per heavy atom. The van der Waals surface area contributed by atoms with E-state index in [1.54, 1.807) is 18.9 Å². The van der Waals surface area contributed by atoms with Crippen molar-refractivity contribution in [2.24, 2.45) is 10.9 Å². The summed E-state index contributed by atoms with van der Waals surface area (Å²) in [5.41, 5.74) is 4.97. The summed E-state index contributed by atoms with van der Waals surface area (Å²) in [6, 6.07) is 0. The molecule has 1 aliphatic rings. The first-order valence-corrected chi connectivity index (χ1v) is 4.51. The Morgan fingerprint density at radius 1 is 1.82 bits per heavy atom. The summed E-state index contributed by atoms with van der Waals surface area (Å²) in [6.45, 7) is 0. The van der Waals surface area contributed by atoms with Crippen LogP contribution in [0.4, 0.5) is 0 Å². The van der Waals surface area contributed by atoms with Gasteiger partial charge in [-0.15, -0.1) is 0 Å². The summed E-state index contributed by atoms with van der Waals surface area (Å²) >= 11 is 1.75. The average molecular weight is 176 g/mol. The smallest absolute Gasteiger partial charge is 0.172 e. The van der Waals surface area contributed by atoms with Crippen LogP contribution in [0.3, 0.4) is 0 Å². The van der Waals surface area contributed by atoms with Crippen molar-refractivity contribution in [3.05, 3.63) is 0 Å². The lowest BCUT2D eigenvalue weighted by atomic mass is 10.0. The zero-order valence-corrected chi connectivity index (χ0v) is 7.23. The van der Waals surface area contributed by atoms with Crippen molar-refractivity contribution in [3.8, 4) is 0 Å². The Morgan fingerprint density at radius 3 is 2.91 bits per heavy atom. The Labute approximate surface area is 69.8 Å². The molecule has 1 heterocycles. The first-order chi connectivity index (χ1) is 5.25. The monoisotopic (exact) mass is 176 g/mol. The first-order valence-electron chi connectivity index (χ1n) is 3.36. The summed E-state index contributed by atoms with van der Waals surface area (Å²) in [6.07, 6.45) is 0.823. The largest absolute Gasteiger partial charge is 0.409 e. The van der Waals surface area contributed by atoms with Crippen LogP contribution in [0.1, 0.15) is 6.42 Å². The molecule has 0 bridgehead atoms. The van der Waals surface area contributed by atoms with E-state index in [0.717, 1.165) is 17.9 Å². The van der Waals surface area contributed by atoms with Crippen LogP contribution in [-0.4, -0.2) is 35.3 Å². The molecule has 4 nitrogen and oxygen atoms in total. The molecule has 1 rings (SSSR count). The third-order valence-corrected chi connectivity index (χ3v) is 3.11. The predicted octanol–water partition coefficient (Wildman–Crippen LogP) is 0.255. The molecule has 0 spiro atoms. The van der Waals surface area contributed by atoms with Crippen molar-refractivity contribution in [2.75, 3.05) is 18.6 Å². The predicted molar refractivity (Wildman–Crippen MR) is 45.1 cm³/mol. The van der Waals surface area contributed by atoms with E-state index in [-0.39, 0.29) is 5.84 Å². The van der Waals surface area contributed by atoms with E-state index in [9.17, 15) is 0 Å². The van der Waals surface area contributed by atoms with Gasteiger partial charge in [0.15, 0.2) is 5.84 Å². The quantitative estimate of drug-likeness (QED) is 0.274. The van der Waals surface area contributed by atoms with Crippen LogP contribution < -0.4 is 5.73 Å². The molecule has 0 aromatic heterocycles. The van der Waals surface area contributed by atoms with Gasteiger partial charge in [-0.2, -0.15) is 11.8 Å². The third kappa shape index (κ3) is 1.44. The minimum Gasteiger partial charge on any atom is -0.409 e. The van der Waals surface area contributed by atoms with Gasteiger partial charge in [-0.1, -0.05) is 5.16 Å². The van der Waals surface area contributed by atoms with Crippen molar-refractivity contribution in [1.82, 2.24) is 0 Å². The van der Waals surface area contributed by atoms with E-state index < -0.39 is 5.60 Å². The molecule has 64 valence electrons. The number of hydrogen-bond acceptors (Lipinski definition) is 4. The van der Waals surface area contributed by atoms with E-state index in [1.807, 2.05) is 0 Å². The van der Waals surface area contributed by atoms with Crippen LogP contribution in [-0.2, 0) is 4.74 Å². The van der Waals surface area contributed by atoms with E-state index >= 15 is 0 Å². The summed E-state index contributed by atoms with van der Waals surface area (Å²) < 4.78 is 5.21. The van der Waals surface area contributed by atoms with Gasteiger partial charge in [0, 0.05) is 12.9 Å². The Hall–Kier alpha value is -0.420. The zero-order valence-electron chi connectivity index (χ0n) is 6.41. The van der Waals surface area contributed by atoms with E-state index in [0.29, 0.717) is 0 Å². The second-order valence-corrected chi connectivity index (χ2v) is 3.59. The Kier molecular flexibility index (Phi) is 2.62. The summed E-state index contributed by atoms with van der Waals surface area (Å²) in [5.74, 6) is 1.97. The molecular weight excluding hydrogens is 164 g/mol. The van der Waals surface area contributed by atoms with Gasteiger partial charge in [0.05, 0.1) is 0 Å². The Balaban J connectivity index is 2.74. The molecule has 1 aliphatic heterocycles. The molecule has 0 amide bonds. The molecule has 0 radical (unpaired) electrons. The highest BCUT2D eigenvalue weighted by Gasteiger charge is 2.38. The van der Waals surface area contributed by atoms with Crippen molar-refractivity contribution < 1.29 is 9.94 Å². The summed E-state index contributed by atoms with van der Waals surface area (Å²) in [4.78, 5) is 0. The molecule has 0 saturated carbocycles. The summed E-state index contributed by atoms with van der Waals surface area (Å²) in [7, 11) is 1.59. The number of nitrogens with zero attached hydrogens (tertiary/aromatic N) is 1. The van der Waals surface area contributed by atoms with Crippen molar-refractivity contribution in [2.45, 2.75) is 12.0 Å². The molecule has 0 aromatic carbocycles. The molecule has 5 heteroatoms. The number of thioether (sulfide) groups is 1. The van der Waals surface area contributed by atoms with Crippen LogP contribution in [0.2, 0.25) is 0 Å². The molecule has 1 fully saturated rings. The molecule has 1 saturated heterocycles. The second kappa shape index (κ2) is 3.32. The number of ether oxygens (including phenoxy) is 1. The van der Waals surface area contributed by atoms with E-state index in [4.69, 9.17) is 15.7 Å². The molecule has 11 heavy (non-hydrogen) atoms. The fourth-order valence-electron chi connectivity index (χ4n) is 1.10. The van der Waals surface area contributed by atoms with Gasteiger partial charge >= 0.3 is 0 Å². The van der Waals surface area contributed by atoms with Crippen LogP contribution in [0.5, 0.6) is 0 Å². The van der Waals surface area contributed by atoms with Crippen molar-refractivity contribution in [3.63, 3.8) is 0 Å². The van der Waals surface area contributed by atoms with Crippen LogP contribution in [0.25, 0.3) is 0 Å².